The Bertz CT molecular complexity index is 1460. The number of carbonyl (C=O) groups is 1. The minimum Gasteiger partial charge on any atom is -0.373 e. The third-order valence-electron chi connectivity index (χ3n) is 5.98. The van der Waals surface area contributed by atoms with Gasteiger partial charge in [-0.25, -0.2) is 9.78 Å². The Balaban J connectivity index is 1.55. The van der Waals surface area contributed by atoms with Crippen LogP contribution in [-0.4, -0.2) is 44.2 Å². The molecule has 35 heavy (non-hydrogen) atoms. The zero-order valence-electron chi connectivity index (χ0n) is 19.8. The van der Waals surface area contributed by atoms with E-state index in [2.05, 4.69) is 15.2 Å². The lowest BCUT2D eigenvalue weighted by Gasteiger charge is -2.27. The quantitative estimate of drug-likeness (QED) is 0.404. The minimum absolute atomic E-state index is 0.0973. The van der Waals surface area contributed by atoms with Crippen molar-refractivity contribution in [3.05, 3.63) is 92.3 Å². The summed E-state index contributed by atoms with van der Waals surface area (Å²) in [5.41, 5.74) is 1.57. The van der Waals surface area contributed by atoms with Crippen LogP contribution in [0.15, 0.2) is 70.5 Å². The summed E-state index contributed by atoms with van der Waals surface area (Å²) in [6.07, 6.45) is 2.04. The molecule has 9 nitrogen and oxygen atoms in total. The fourth-order valence-electron chi connectivity index (χ4n) is 4.14. The van der Waals surface area contributed by atoms with Crippen LogP contribution in [0.1, 0.15) is 5.56 Å². The van der Waals surface area contributed by atoms with Gasteiger partial charge in [-0.3, -0.25) is 18.7 Å². The lowest BCUT2D eigenvalue weighted by atomic mass is 10.1. The normalized spacial score (nSPS) is 12.0. The second-order valence-electron chi connectivity index (χ2n) is 8.56. The Morgan fingerprint density at radius 3 is 2.43 bits per heavy atom. The van der Waals surface area contributed by atoms with E-state index in [1.54, 1.807) is 7.05 Å². The number of nitrogens with one attached hydrogen (secondary N) is 1. The highest BCUT2D eigenvalue weighted by atomic mass is 35.5. The number of anilines is 1. The first kappa shape index (κ1) is 24.3. The fourth-order valence-corrected chi connectivity index (χ4v) is 4.26. The maximum atomic E-state index is 13.1. The molecule has 2 heterocycles. The molecule has 1 N–H and O–H groups in total. The molecule has 10 heteroatoms. The zero-order chi connectivity index (χ0) is 25.1. The van der Waals surface area contributed by atoms with Gasteiger partial charge in [-0.15, -0.1) is 0 Å². The molecule has 4 rings (SSSR count). The van der Waals surface area contributed by atoms with Crippen molar-refractivity contribution in [3.63, 3.8) is 0 Å². The maximum absolute atomic E-state index is 13.1. The van der Waals surface area contributed by atoms with Gasteiger partial charge >= 0.3 is 5.69 Å². The second kappa shape index (κ2) is 10.2. The molecular weight excluding hydrogens is 468 g/mol. The molecule has 0 aliphatic heterocycles. The minimum atomic E-state index is -0.489. The Morgan fingerprint density at radius 1 is 1.06 bits per heavy atom. The van der Waals surface area contributed by atoms with E-state index >= 15 is 0 Å². The fraction of sp³-hybridized carbons (Fsp3) is 0.280. The van der Waals surface area contributed by atoms with Gasteiger partial charge in [0.15, 0.2) is 11.2 Å². The highest BCUT2D eigenvalue weighted by Crippen LogP contribution is 2.17. The number of hydrogen-bond donors (Lipinski definition) is 1. The van der Waals surface area contributed by atoms with Gasteiger partial charge in [0.1, 0.15) is 6.54 Å². The molecule has 0 radical (unpaired) electrons. The van der Waals surface area contributed by atoms with Crippen LogP contribution < -0.4 is 21.5 Å². The van der Waals surface area contributed by atoms with Crippen LogP contribution in [-0.2, 0) is 31.9 Å². The van der Waals surface area contributed by atoms with Crippen LogP contribution in [0.25, 0.3) is 11.2 Å². The van der Waals surface area contributed by atoms with E-state index < -0.39 is 11.2 Å². The molecule has 0 saturated heterocycles. The number of aryl methyl sites for hydroxylation is 1. The van der Waals surface area contributed by atoms with Gasteiger partial charge in [-0.05, 0) is 36.2 Å². The van der Waals surface area contributed by atoms with Crippen LogP contribution >= 0.6 is 11.6 Å². The van der Waals surface area contributed by atoms with Crippen LogP contribution in [0, 0.1) is 0 Å². The number of carbonyl (C=O) groups excluding carboxylic acids is 1. The predicted octanol–water partition coefficient (Wildman–Crippen LogP) is 1.95. The third kappa shape index (κ3) is 5.30. The average molecular weight is 495 g/mol. The molecule has 0 bridgehead atoms. The highest BCUT2D eigenvalue weighted by molar-refractivity contribution is 6.30. The molecule has 0 fully saturated rings. The van der Waals surface area contributed by atoms with Crippen molar-refractivity contribution in [2.75, 3.05) is 18.5 Å². The first-order chi connectivity index (χ1) is 16.7. The SMILES string of the molecule is CN(C[C@H](Cc1ccccc1)NC(=O)Cn1cnc2c1c(=O)n(C)c(=O)n2C)c1ccc(Cl)cc1. The van der Waals surface area contributed by atoms with Crippen LogP contribution in [0.3, 0.4) is 0 Å². The number of aromatic nitrogens is 4. The summed E-state index contributed by atoms with van der Waals surface area (Å²) in [6, 6.07) is 17.3. The number of imidazole rings is 1. The largest absolute Gasteiger partial charge is 0.373 e. The van der Waals surface area contributed by atoms with E-state index in [4.69, 9.17) is 11.6 Å². The van der Waals surface area contributed by atoms with Crippen molar-refractivity contribution in [1.29, 1.82) is 0 Å². The molecule has 2 aromatic carbocycles. The van der Waals surface area contributed by atoms with Crippen LogP contribution in [0.2, 0.25) is 5.02 Å². The van der Waals surface area contributed by atoms with Crippen molar-refractivity contribution in [2.45, 2.75) is 19.0 Å². The Hall–Kier alpha value is -3.85. The monoisotopic (exact) mass is 494 g/mol. The molecule has 1 amide bonds. The molecule has 182 valence electrons. The molecule has 0 saturated carbocycles. The molecule has 0 aliphatic rings. The molecule has 0 unspecified atom stereocenters. The number of hydrogen-bond acceptors (Lipinski definition) is 5. The van der Waals surface area contributed by atoms with E-state index in [0.29, 0.717) is 18.0 Å². The summed E-state index contributed by atoms with van der Waals surface area (Å²) in [4.78, 5) is 44.2. The Kier molecular flexibility index (Phi) is 7.07. The molecule has 2 aromatic heterocycles. The highest BCUT2D eigenvalue weighted by Gasteiger charge is 2.19. The number of halogens is 1. The molecular formula is C25H27ClN6O3. The molecule has 1 atom stereocenters. The van der Waals surface area contributed by atoms with Crippen LogP contribution in [0.4, 0.5) is 5.69 Å². The number of fused-ring (bicyclic) bond motifs is 1. The van der Waals surface area contributed by atoms with Crippen molar-refractivity contribution in [1.82, 2.24) is 24.0 Å². The summed E-state index contributed by atoms with van der Waals surface area (Å²) >= 11 is 6.02. The van der Waals surface area contributed by atoms with Gasteiger partial charge in [-0.2, -0.15) is 0 Å². The van der Waals surface area contributed by atoms with Gasteiger partial charge in [0, 0.05) is 38.4 Å². The zero-order valence-corrected chi connectivity index (χ0v) is 20.6. The van der Waals surface area contributed by atoms with Crippen molar-refractivity contribution in [2.24, 2.45) is 14.1 Å². The van der Waals surface area contributed by atoms with Crippen molar-refractivity contribution >= 4 is 34.4 Å². The standard InChI is InChI=1S/C25H27ClN6O3/c1-29(20-11-9-18(26)10-12-20)14-19(13-17-7-5-4-6-8-17)28-21(33)15-32-16-27-23-22(32)24(34)31(3)25(35)30(23)2/h4-12,16,19H,13-15H2,1-3H3,(H,28,33)/t19-/m0/s1. The Morgan fingerprint density at radius 2 is 1.74 bits per heavy atom. The van der Waals surface area contributed by atoms with Gasteiger partial charge in [-0.1, -0.05) is 41.9 Å². The lowest BCUT2D eigenvalue weighted by molar-refractivity contribution is -0.122. The van der Waals surface area contributed by atoms with E-state index in [1.165, 1.54) is 22.5 Å². The summed E-state index contributed by atoms with van der Waals surface area (Å²) < 4.78 is 3.79. The lowest BCUT2D eigenvalue weighted by Crippen LogP contribution is -2.45. The van der Waals surface area contributed by atoms with E-state index in [9.17, 15) is 14.4 Å². The van der Waals surface area contributed by atoms with Gasteiger partial charge < -0.3 is 14.8 Å². The van der Waals surface area contributed by atoms with Gasteiger partial charge in [0.2, 0.25) is 5.91 Å². The van der Waals surface area contributed by atoms with Crippen molar-refractivity contribution in [3.8, 4) is 0 Å². The second-order valence-corrected chi connectivity index (χ2v) is 9.00. The summed E-state index contributed by atoms with van der Waals surface area (Å²) in [6.45, 7) is 0.461. The average Bonchev–Trinajstić information content (AvgIpc) is 3.25. The number of nitrogens with zero attached hydrogens (tertiary/aromatic N) is 5. The van der Waals surface area contributed by atoms with Crippen molar-refractivity contribution < 1.29 is 4.79 Å². The first-order valence-corrected chi connectivity index (χ1v) is 11.5. The number of benzene rings is 2. The first-order valence-electron chi connectivity index (χ1n) is 11.2. The summed E-state index contributed by atoms with van der Waals surface area (Å²) in [5, 5.41) is 3.77. The maximum Gasteiger partial charge on any atom is 0.332 e. The molecule has 4 aromatic rings. The predicted molar refractivity (Wildman–Crippen MR) is 137 cm³/mol. The van der Waals surface area contributed by atoms with E-state index in [0.717, 1.165) is 15.8 Å². The molecule has 0 spiro atoms. The van der Waals surface area contributed by atoms with Crippen LogP contribution in [0.5, 0.6) is 0 Å². The number of amides is 1. The van der Waals surface area contributed by atoms with E-state index in [1.807, 2.05) is 61.6 Å². The smallest absolute Gasteiger partial charge is 0.332 e. The number of likely N-dealkylation sites (N-methyl/N-ethyl adjacent to an activating group) is 1. The van der Waals surface area contributed by atoms with E-state index in [-0.39, 0.29) is 29.7 Å². The van der Waals surface area contributed by atoms with Gasteiger partial charge in [0.05, 0.1) is 12.4 Å². The topological polar surface area (TPSA) is 94.2 Å². The molecule has 0 aliphatic carbocycles. The van der Waals surface area contributed by atoms with Gasteiger partial charge in [0.25, 0.3) is 5.56 Å². The number of rotatable bonds is 8. The third-order valence-corrected chi connectivity index (χ3v) is 6.23. The summed E-state index contributed by atoms with van der Waals surface area (Å²) in [5.74, 6) is -0.259. The summed E-state index contributed by atoms with van der Waals surface area (Å²) in [7, 11) is 4.91. The Labute approximate surface area is 207 Å².